The van der Waals surface area contributed by atoms with Crippen LogP contribution in [0.15, 0.2) is 79.1 Å². The molecule has 5 rings (SSSR count). The smallest absolute Gasteiger partial charge is 0.260 e. The molecule has 168 valence electrons. The number of benzene rings is 2. The first-order valence-corrected chi connectivity index (χ1v) is 10.6. The first kappa shape index (κ1) is 21.3. The number of nitrogens with one attached hydrogen (secondary N) is 1. The summed E-state index contributed by atoms with van der Waals surface area (Å²) in [6.07, 6.45) is 3.28. The van der Waals surface area contributed by atoms with E-state index in [1.54, 1.807) is 72.4 Å². The minimum Gasteiger partial charge on any atom is -0.496 e. The number of aryl methyl sites for hydroxylation is 1. The maximum absolute atomic E-state index is 13.9. The molecule has 0 fully saturated rings. The zero-order valence-electron chi connectivity index (χ0n) is 18.5. The second kappa shape index (κ2) is 8.74. The summed E-state index contributed by atoms with van der Waals surface area (Å²) in [5.41, 5.74) is 4.42. The Morgan fingerprint density at radius 3 is 2.68 bits per heavy atom. The number of halogens is 1. The molecule has 1 N–H and O–H groups in total. The predicted octanol–water partition coefficient (Wildman–Crippen LogP) is 5.17. The fraction of sp³-hybridized carbons (Fsp3) is 0.0769. The van der Waals surface area contributed by atoms with E-state index < -0.39 is 0 Å². The molecule has 0 aliphatic carbocycles. The minimum absolute atomic E-state index is 0.280. The summed E-state index contributed by atoms with van der Waals surface area (Å²) in [5, 5.41) is 7.29. The molecule has 5 aromatic rings. The second-order valence-corrected chi connectivity index (χ2v) is 7.65. The van der Waals surface area contributed by atoms with Gasteiger partial charge in [-0.2, -0.15) is 5.10 Å². The molecule has 34 heavy (non-hydrogen) atoms. The molecule has 0 bridgehead atoms. The minimum atomic E-state index is -0.340. The highest BCUT2D eigenvalue weighted by Gasteiger charge is 2.19. The molecule has 2 aromatic carbocycles. The highest BCUT2D eigenvalue weighted by molar-refractivity contribution is 6.06. The Labute approximate surface area is 194 Å². The lowest BCUT2D eigenvalue weighted by molar-refractivity contribution is 0.102. The van der Waals surface area contributed by atoms with Crippen LogP contribution in [-0.2, 0) is 0 Å². The van der Waals surface area contributed by atoms with Gasteiger partial charge in [0.2, 0.25) is 0 Å². The summed E-state index contributed by atoms with van der Waals surface area (Å²) in [7, 11) is 1.52. The van der Waals surface area contributed by atoms with Crippen molar-refractivity contribution in [1.29, 1.82) is 0 Å². The van der Waals surface area contributed by atoms with Gasteiger partial charge in [-0.1, -0.05) is 12.1 Å². The third kappa shape index (κ3) is 3.86. The summed E-state index contributed by atoms with van der Waals surface area (Å²) in [4.78, 5) is 21.9. The number of para-hydroxylation sites is 1. The van der Waals surface area contributed by atoms with Crippen LogP contribution < -0.4 is 10.1 Å². The van der Waals surface area contributed by atoms with Gasteiger partial charge >= 0.3 is 0 Å². The molecule has 7 nitrogen and oxygen atoms in total. The molecule has 0 aliphatic rings. The highest BCUT2D eigenvalue weighted by atomic mass is 19.1. The number of nitrogens with zero attached hydrogens (tertiary/aromatic N) is 4. The third-order valence-corrected chi connectivity index (χ3v) is 5.45. The van der Waals surface area contributed by atoms with Crippen molar-refractivity contribution in [3.63, 3.8) is 0 Å². The molecule has 8 heteroatoms. The summed E-state index contributed by atoms with van der Waals surface area (Å²) in [6, 6.07) is 19.1. The van der Waals surface area contributed by atoms with Crippen molar-refractivity contribution in [3.8, 4) is 28.3 Å². The van der Waals surface area contributed by atoms with Crippen molar-refractivity contribution in [2.45, 2.75) is 6.92 Å². The molecule has 0 atom stereocenters. The van der Waals surface area contributed by atoms with E-state index in [-0.39, 0.29) is 11.7 Å². The Bertz CT molecular complexity index is 1530. The molecular formula is C26H20FN5O2. The maximum atomic E-state index is 13.9. The van der Waals surface area contributed by atoms with Crippen LogP contribution in [0.2, 0.25) is 0 Å². The van der Waals surface area contributed by atoms with Gasteiger partial charge in [-0.05, 0) is 67.1 Å². The summed E-state index contributed by atoms with van der Waals surface area (Å²) < 4.78 is 20.9. The van der Waals surface area contributed by atoms with Gasteiger partial charge in [-0.25, -0.2) is 18.9 Å². The van der Waals surface area contributed by atoms with Gasteiger partial charge in [0, 0.05) is 23.5 Å². The molecule has 3 aromatic heterocycles. The third-order valence-electron chi connectivity index (χ3n) is 5.45. The van der Waals surface area contributed by atoms with E-state index in [0.717, 1.165) is 11.1 Å². The zero-order valence-corrected chi connectivity index (χ0v) is 18.5. The number of rotatable bonds is 5. The van der Waals surface area contributed by atoms with Gasteiger partial charge < -0.3 is 10.1 Å². The number of anilines is 1. The molecule has 0 unspecified atom stereocenters. The quantitative estimate of drug-likeness (QED) is 0.397. The van der Waals surface area contributed by atoms with Gasteiger partial charge in [0.15, 0.2) is 5.65 Å². The standard InChI is InChI=1S/C26H20FN5O2/c1-16-14-17(9-10-20(16)27)24-25(32-23(31-24)8-5-12-29-32)18-11-13-28-22(15-18)30-26(33)19-6-3-4-7-21(19)34-2/h3-15H,1-2H3,(H,28,30,33). The number of hydrogen-bond donors (Lipinski definition) is 1. The number of methoxy groups -OCH3 is 1. The number of amides is 1. The van der Waals surface area contributed by atoms with E-state index in [4.69, 9.17) is 9.72 Å². The first-order chi connectivity index (χ1) is 16.5. The van der Waals surface area contributed by atoms with Crippen LogP contribution in [0.25, 0.3) is 28.2 Å². The van der Waals surface area contributed by atoms with E-state index in [1.807, 2.05) is 12.1 Å². The normalized spacial score (nSPS) is 10.9. The fourth-order valence-corrected chi connectivity index (χ4v) is 3.80. The van der Waals surface area contributed by atoms with Crippen molar-refractivity contribution in [2.24, 2.45) is 0 Å². The van der Waals surface area contributed by atoms with E-state index >= 15 is 0 Å². The Morgan fingerprint density at radius 2 is 1.85 bits per heavy atom. The van der Waals surface area contributed by atoms with Crippen LogP contribution >= 0.6 is 0 Å². The van der Waals surface area contributed by atoms with E-state index in [2.05, 4.69) is 15.4 Å². The molecule has 0 saturated heterocycles. The van der Waals surface area contributed by atoms with Crippen molar-refractivity contribution in [2.75, 3.05) is 12.4 Å². The van der Waals surface area contributed by atoms with Gasteiger partial charge in [-0.15, -0.1) is 0 Å². The van der Waals surface area contributed by atoms with Gasteiger partial charge in [0.1, 0.15) is 23.1 Å². The first-order valence-electron chi connectivity index (χ1n) is 10.6. The monoisotopic (exact) mass is 453 g/mol. The summed E-state index contributed by atoms with van der Waals surface area (Å²) in [6.45, 7) is 1.71. The van der Waals surface area contributed by atoms with Gasteiger partial charge in [0.05, 0.1) is 18.4 Å². The summed E-state index contributed by atoms with van der Waals surface area (Å²) >= 11 is 0. The molecule has 0 radical (unpaired) electrons. The van der Waals surface area contributed by atoms with Crippen LogP contribution in [0.5, 0.6) is 5.75 Å². The van der Waals surface area contributed by atoms with Gasteiger partial charge in [0.25, 0.3) is 5.91 Å². The number of carbonyl (C=O) groups is 1. The molecule has 1 amide bonds. The van der Waals surface area contributed by atoms with Gasteiger partial charge in [-0.3, -0.25) is 4.79 Å². The van der Waals surface area contributed by atoms with E-state index in [1.165, 1.54) is 13.2 Å². The maximum Gasteiger partial charge on any atom is 0.260 e. The van der Waals surface area contributed by atoms with Crippen LogP contribution in [0.1, 0.15) is 15.9 Å². The topological polar surface area (TPSA) is 81.4 Å². The van der Waals surface area contributed by atoms with Crippen molar-refractivity contribution in [1.82, 2.24) is 19.6 Å². The Kier molecular flexibility index (Phi) is 5.47. The number of aromatic nitrogens is 4. The van der Waals surface area contributed by atoms with E-state index in [9.17, 15) is 9.18 Å². The average molecular weight is 453 g/mol. The zero-order chi connectivity index (χ0) is 23.7. The second-order valence-electron chi connectivity index (χ2n) is 7.65. The fourth-order valence-electron chi connectivity index (χ4n) is 3.80. The Morgan fingerprint density at radius 1 is 1.00 bits per heavy atom. The number of hydrogen-bond acceptors (Lipinski definition) is 5. The lowest BCUT2D eigenvalue weighted by Gasteiger charge is -2.10. The van der Waals surface area contributed by atoms with Crippen molar-refractivity contribution < 1.29 is 13.9 Å². The molecule has 0 aliphatic heterocycles. The lowest BCUT2D eigenvalue weighted by Crippen LogP contribution is -2.14. The van der Waals surface area contributed by atoms with Crippen LogP contribution in [0, 0.1) is 12.7 Å². The van der Waals surface area contributed by atoms with Crippen molar-refractivity contribution >= 4 is 17.4 Å². The Balaban J connectivity index is 1.59. The summed E-state index contributed by atoms with van der Waals surface area (Å²) in [5.74, 6) is 0.210. The number of carbonyl (C=O) groups excluding carboxylic acids is 1. The lowest BCUT2D eigenvalue weighted by atomic mass is 10.0. The number of pyridine rings is 1. The molecule has 0 saturated carbocycles. The van der Waals surface area contributed by atoms with E-state index in [0.29, 0.717) is 39.7 Å². The number of fused-ring (bicyclic) bond motifs is 1. The van der Waals surface area contributed by atoms with Crippen LogP contribution in [-0.4, -0.2) is 32.6 Å². The van der Waals surface area contributed by atoms with Crippen LogP contribution in [0.3, 0.4) is 0 Å². The number of imidazole rings is 1. The van der Waals surface area contributed by atoms with Crippen molar-refractivity contribution in [3.05, 3.63) is 96.1 Å². The molecule has 3 heterocycles. The SMILES string of the molecule is COc1ccccc1C(=O)Nc1cc(-c2c(-c3ccc(F)c(C)c3)nc3cccnn23)ccn1. The Hall–Kier alpha value is -4.59. The molecular weight excluding hydrogens is 433 g/mol. The van der Waals surface area contributed by atoms with Crippen LogP contribution in [0.4, 0.5) is 10.2 Å². The average Bonchev–Trinajstić information content (AvgIpc) is 3.25. The largest absolute Gasteiger partial charge is 0.496 e. The molecule has 0 spiro atoms. The number of ether oxygens (including phenoxy) is 1. The highest BCUT2D eigenvalue weighted by Crippen LogP contribution is 2.33. The predicted molar refractivity (Wildman–Crippen MR) is 127 cm³/mol.